The maximum Gasteiger partial charge on any atom is 0.282 e. The van der Waals surface area contributed by atoms with Crippen molar-refractivity contribution >= 4 is 29.1 Å². The zero-order valence-corrected chi connectivity index (χ0v) is 15.6. The molecule has 140 valence electrons. The largest absolute Gasteiger partial charge is 0.349 e. The van der Waals surface area contributed by atoms with Crippen LogP contribution in [0.2, 0.25) is 10.0 Å². The van der Waals surface area contributed by atoms with Crippen LogP contribution in [0.1, 0.15) is 59.8 Å². The highest BCUT2D eigenvalue weighted by Crippen LogP contribution is 2.36. The average molecular weight is 403 g/mol. The molecule has 2 aromatic heterocycles. The lowest BCUT2D eigenvalue weighted by Gasteiger charge is -2.32. The Morgan fingerprint density at radius 2 is 2.08 bits per heavy atom. The van der Waals surface area contributed by atoms with Crippen LogP contribution in [0.3, 0.4) is 0 Å². The van der Waals surface area contributed by atoms with Crippen molar-refractivity contribution < 1.29 is 13.6 Å². The molecule has 1 aliphatic carbocycles. The number of aryl methyl sites for hydroxylation is 1. The third-order valence-electron chi connectivity index (χ3n) is 4.58. The second-order valence-electron chi connectivity index (χ2n) is 6.39. The number of rotatable bonds is 4. The van der Waals surface area contributed by atoms with Crippen LogP contribution in [0.25, 0.3) is 0 Å². The van der Waals surface area contributed by atoms with E-state index in [1.807, 2.05) is 0 Å². The van der Waals surface area contributed by atoms with E-state index in [2.05, 4.69) is 15.4 Å². The first-order chi connectivity index (χ1) is 12.4. The van der Waals surface area contributed by atoms with Crippen molar-refractivity contribution in [2.75, 3.05) is 0 Å². The highest BCUT2D eigenvalue weighted by Gasteiger charge is 2.32. The molecule has 2 aromatic rings. The Morgan fingerprint density at radius 3 is 2.77 bits per heavy atom. The van der Waals surface area contributed by atoms with Crippen molar-refractivity contribution in [1.29, 1.82) is 0 Å². The predicted octanol–water partition coefficient (Wildman–Crippen LogP) is 4.52. The van der Waals surface area contributed by atoms with Crippen molar-refractivity contribution in [2.45, 2.75) is 44.1 Å². The molecule has 0 spiro atoms. The number of alkyl halides is 2. The zero-order chi connectivity index (χ0) is 18.8. The number of hydrogen-bond acceptors (Lipinski definition) is 3. The standard InChI is InChI=1S/C17H18Cl2F2N4O/c1-25-8-11(15(24-25)16(20)21)17(26)23-13-5-3-2-4-10(13)14-12(19)6-9(18)7-22-14/h6-8,10,13,16H,2-5H2,1H3,(H,23,26)/t10-,13-/m1/s1. The minimum atomic E-state index is -2.81. The quantitative estimate of drug-likeness (QED) is 0.817. The smallest absolute Gasteiger partial charge is 0.282 e. The molecule has 2 heterocycles. The van der Waals surface area contributed by atoms with E-state index in [0.29, 0.717) is 15.7 Å². The third-order valence-corrected chi connectivity index (χ3v) is 5.09. The molecule has 1 fully saturated rings. The van der Waals surface area contributed by atoms with Gasteiger partial charge in [-0.3, -0.25) is 14.5 Å². The molecule has 1 N–H and O–H groups in total. The van der Waals surface area contributed by atoms with Gasteiger partial charge in [-0.25, -0.2) is 8.78 Å². The van der Waals surface area contributed by atoms with Crippen LogP contribution in [-0.4, -0.2) is 26.7 Å². The maximum atomic E-state index is 13.1. The summed E-state index contributed by atoms with van der Waals surface area (Å²) in [5, 5.41) is 7.44. The molecule has 5 nitrogen and oxygen atoms in total. The number of nitrogens with one attached hydrogen (secondary N) is 1. The lowest BCUT2D eigenvalue weighted by atomic mass is 9.82. The summed E-state index contributed by atoms with van der Waals surface area (Å²) in [6.07, 6.45) is 3.45. The van der Waals surface area contributed by atoms with Gasteiger partial charge in [0.1, 0.15) is 5.69 Å². The molecule has 26 heavy (non-hydrogen) atoms. The summed E-state index contributed by atoms with van der Waals surface area (Å²) in [5.74, 6) is -0.653. The molecule has 0 unspecified atom stereocenters. The maximum absolute atomic E-state index is 13.1. The first-order valence-corrected chi connectivity index (χ1v) is 9.06. The lowest BCUT2D eigenvalue weighted by molar-refractivity contribution is 0.0906. The van der Waals surface area contributed by atoms with Crippen molar-refractivity contribution in [1.82, 2.24) is 20.1 Å². The molecule has 3 rings (SSSR count). The van der Waals surface area contributed by atoms with E-state index < -0.39 is 18.0 Å². The second kappa shape index (κ2) is 7.88. The van der Waals surface area contributed by atoms with Crippen LogP contribution in [0.4, 0.5) is 8.78 Å². The van der Waals surface area contributed by atoms with Gasteiger partial charge in [-0.15, -0.1) is 0 Å². The summed E-state index contributed by atoms with van der Waals surface area (Å²) < 4.78 is 27.4. The Labute approximate surface area is 159 Å². The number of amides is 1. The number of halogens is 4. The molecule has 0 aromatic carbocycles. The van der Waals surface area contributed by atoms with Gasteiger partial charge in [-0.1, -0.05) is 36.0 Å². The van der Waals surface area contributed by atoms with Crippen molar-refractivity contribution in [3.05, 3.63) is 45.5 Å². The van der Waals surface area contributed by atoms with Gasteiger partial charge in [0.05, 0.1) is 21.3 Å². The summed E-state index contributed by atoms with van der Waals surface area (Å²) in [7, 11) is 1.50. The lowest BCUT2D eigenvalue weighted by Crippen LogP contribution is -2.41. The first-order valence-electron chi connectivity index (χ1n) is 8.30. The number of carbonyl (C=O) groups is 1. The van der Waals surface area contributed by atoms with Crippen LogP contribution in [0.5, 0.6) is 0 Å². The first kappa shape index (κ1) is 19.0. The molecule has 1 amide bonds. The van der Waals surface area contributed by atoms with Crippen LogP contribution in [0.15, 0.2) is 18.5 Å². The number of aromatic nitrogens is 3. The summed E-state index contributed by atoms with van der Waals surface area (Å²) in [4.78, 5) is 16.9. The Kier molecular flexibility index (Phi) is 5.77. The fraction of sp³-hybridized carbons (Fsp3) is 0.471. The summed E-state index contributed by atoms with van der Waals surface area (Å²) in [6, 6.07) is 1.38. The second-order valence-corrected chi connectivity index (χ2v) is 7.24. The Balaban J connectivity index is 1.84. The number of carbonyl (C=O) groups excluding carboxylic acids is 1. The molecule has 1 saturated carbocycles. The van der Waals surface area contributed by atoms with Crippen LogP contribution >= 0.6 is 23.2 Å². The molecule has 1 aliphatic rings. The fourth-order valence-corrected chi connectivity index (χ4v) is 3.94. The molecular weight excluding hydrogens is 385 g/mol. The normalized spacial score (nSPS) is 20.4. The van der Waals surface area contributed by atoms with Gasteiger partial charge in [0.2, 0.25) is 0 Å². The highest BCUT2D eigenvalue weighted by atomic mass is 35.5. The van der Waals surface area contributed by atoms with Crippen LogP contribution in [0, 0.1) is 0 Å². The minimum Gasteiger partial charge on any atom is -0.349 e. The summed E-state index contributed by atoms with van der Waals surface area (Å²) >= 11 is 12.2. The predicted molar refractivity (Wildman–Crippen MR) is 94.9 cm³/mol. The molecule has 0 saturated heterocycles. The zero-order valence-electron chi connectivity index (χ0n) is 14.1. The van der Waals surface area contributed by atoms with Gasteiger partial charge >= 0.3 is 0 Å². The third kappa shape index (κ3) is 3.99. The molecule has 0 bridgehead atoms. The molecule has 9 heteroatoms. The number of pyridine rings is 1. The Morgan fingerprint density at radius 1 is 1.35 bits per heavy atom. The van der Waals surface area contributed by atoms with E-state index in [-0.39, 0.29) is 17.5 Å². The summed E-state index contributed by atoms with van der Waals surface area (Å²) in [5.41, 5.74) is 0.0448. The Hall–Kier alpha value is -1.73. The van der Waals surface area contributed by atoms with Crippen LogP contribution < -0.4 is 5.32 Å². The average Bonchev–Trinajstić information content (AvgIpc) is 2.98. The van der Waals surface area contributed by atoms with E-state index >= 15 is 0 Å². The van der Waals surface area contributed by atoms with Gasteiger partial charge in [0.25, 0.3) is 12.3 Å². The van der Waals surface area contributed by atoms with E-state index in [9.17, 15) is 13.6 Å². The van der Waals surface area contributed by atoms with Gasteiger partial charge < -0.3 is 5.32 Å². The van der Waals surface area contributed by atoms with E-state index in [1.165, 1.54) is 24.1 Å². The highest BCUT2D eigenvalue weighted by molar-refractivity contribution is 6.34. The molecule has 2 atom stereocenters. The fourth-order valence-electron chi connectivity index (χ4n) is 3.42. The van der Waals surface area contributed by atoms with Crippen molar-refractivity contribution in [3.63, 3.8) is 0 Å². The summed E-state index contributed by atoms with van der Waals surface area (Å²) in [6.45, 7) is 0. The van der Waals surface area contributed by atoms with Crippen molar-refractivity contribution in [3.8, 4) is 0 Å². The van der Waals surface area contributed by atoms with E-state index in [0.717, 1.165) is 25.7 Å². The minimum absolute atomic E-state index is 0.0934. The molecule has 0 radical (unpaired) electrons. The molecular formula is C17H18Cl2F2N4O. The monoisotopic (exact) mass is 402 g/mol. The number of hydrogen-bond donors (Lipinski definition) is 1. The van der Waals surface area contributed by atoms with Gasteiger partial charge in [-0.2, -0.15) is 5.10 Å². The van der Waals surface area contributed by atoms with Crippen LogP contribution in [-0.2, 0) is 7.05 Å². The number of nitrogens with zero attached hydrogens (tertiary/aromatic N) is 3. The van der Waals surface area contributed by atoms with Crippen molar-refractivity contribution in [2.24, 2.45) is 7.05 Å². The van der Waals surface area contributed by atoms with Gasteiger partial charge in [-0.05, 0) is 18.9 Å². The van der Waals surface area contributed by atoms with Gasteiger partial charge in [0, 0.05) is 31.4 Å². The van der Waals surface area contributed by atoms with Gasteiger partial charge in [0.15, 0.2) is 0 Å². The van der Waals surface area contributed by atoms with E-state index in [4.69, 9.17) is 23.2 Å². The topological polar surface area (TPSA) is 59.8 Å². The molecule has 0 aliphatic heterocycles. The van der Waals surface area contributed by atoms with E-state index in [1.54, 1.807) is 6.07 Å². The Bertz CT molecular complexity index is 812. The SMILES string of the molecule is Cn1cc(C(=O)N[C@@H]2CCCC[C@H]2c2ncc(Cl)cc2Cl)c(C(F)F)n1.